The van der Waals surface area contributed by atoms with E-state index in [0.717, 1.165) is 16.7 Å². The number of benzene rings is 1. The zero-order chi connectivity index (χ0) is 10.1. The van der Waals surface area contributed by atoms with Crippen LogP contribution < -0.4 is 11.3 Å². The Morgan fingerprint density at radius 1 is 1.36 bits per heavy atom. The van der Waals surface area contributed by atoms with Gasteiger partial charge in [-0.1, -0.05) is 11.6 Å². The third-order valence-corrected chi connectivity index (χ3v) is 2.37. The molecule has 1 aromatic heterocycles. The predicted molar refractivity (Wildman–Crippen MR) is 56.7 cm³/mol. The Balaban J connectivity index is 2.51. The summed E-state index contributed by atoms with van der Waals surface area (Å²) in [6, 6.07) is 8.19. The highest BCUT2D eigenvalue weighted by Crippen LogP contribution is 2.24. The molecule has 1 unspecified atom stereocenters. The number of aryl methyl sites for hydroxylation is 1. The molecule has 0 spiro atoms. The van der Waals surface area contributed by atoms with Gasteiger partial charge in [0.15, 0.2) is 0 Å². The number of hydrazine groups is 1. The molecule has 0 aliphatic carbocycles. The van der Waals surface area contributed by atoms with E-state index in [1.54, 1.807) is 0 Å². The lowest BCUT2D eigenvalue weighted by Crippen LogP contribution is -2.25. The van der Waals surface area contributed by atoms with Gasteiger partial charge in [0.2, 0.25) is 0 Å². The lowest BCUT2D eigenvalue weighted by Gasteiger charge is -2.03. The van der Waals surface area contributed by atoms with Gasteiger partial charge >= 0.3 is 0 Å². The summed E-state index contributed by atoms with van der Waals surface area (Å²) in [5, 5.41) is 1.13. The van der Waals surface area contributed by atoms with E-state index in [2.05, 4.69) is 18.4 Å². The maximum absolute atomic E-state index is 5.63. The fourth-order valence-electron chi connectivity index (χ4n) is 1.48. The molecule has 0 aliphatic rings. The van der Waals surface area contributed by atoms with Crippen LogP contribution in [-0.2, 0) is 0 Å². The van der Waals surface area contributed by atoms with Gasteiger partial charge < -0.3 is 4.42 Å². The van der Waals surface area contributed by atoms with Crippen LogP contribution >= 0.6 is 0 Å². The van der Waals surface area contributed by atoms with Crippen molar-refractivity contribution in [3.8, 4) is 0 Å². The van der Waals surface area contributed by atoms with Crippen molar-refractivity contribution in [1.82, 2.24) is 5.43 Å². The van der Waals surface area contributed by atoms with Crippen LogP contribution in [0.3, 0.4) is 0 Å². The number of nitrogens with two attached hydrogens (primary N) is 1. The van der Waals surface area contributed by atoms with Gasteiger partial charge in [0, 0.05) is 5.39 Å². The van der Waals surface area contributed by atoms with E-state index in [9.17, 15) is 0 Å². The summed E-state index contributed by atoms with van der Waals surface area (Å²) in [5.41, 5.74) is 4.81. The number of fused-ring (bicyclic) bond motifs is 1. The lowest BCUT2D eigenvalue weighted by molar-refractivity contribution is 0.459. The molecular weight excluding hydrogens is 176 g/mol. The summed E-state index contributed by atoms with van der Waals surface area (Å²) in [4.78, 5) is 0. The first-order valence-electron chi connectivity index (χ1n) is 4.67. The number of rotatable bonds is 2. The molecule has 74 valence electrons. The summed E-state index contributed by atoms with van der Waals surface area (Å²) in [6.45, 7) is 4.03. The largest absolute Gasteiger partial charge is 0.459 e. The number of hydrogen-bond donors (Lipinski definition) is 2. The van der Waals surface area contributed by atoms with Crippen LogP contribution in [-0.4, -0.2) is 0 Å². The van der Waals surface area contributed by atoms with E-state index >= 15 is 0 Å². The molecule has 0 fully saturated rings. The minimum Gasteiger partial charge on any atom is -0.459 e. The molecule has 0 amide bonds. The third kappa shape index (κ3) is 1.52. The average Bonchev–Trinajstić information content (AvgIpc) is 2.59. The van der Waals surface area contributed by atoms with Crippen molar-refractivity contribution in [1.29, 1.82) is 0 Å². The van der Waals surface area contributed by atoms with Crippen molar-refractivity contribution >= 4 is 11.0 Å². The molecule has 1 heterocycles. The molecule has 3 N–H and O–H groups in total. The fraction of sp³-hybridized carbons (Fsp3) is 0.273. The first-order chi connectivity index (χ1) is 6.70. The number of furan rings is 1. The summed E-state index contributed by atoms with van der Waals surface area (Å²) in [5.74, 6) is 6.21. The van der Waals surface area contributed by atoms with Gasteiger partial charge in [-0.3, -0.25) is 11.3 Å². The first kappa shape index (κ1) is 9.24. The highest BCUT2D eigenvalue weighted by Gasteiger charge is 2.09. The van der Waals surface area contributed by atoms with Gasteiger partial charge in [-0.05, 0) is 32.0 Å². The molecule has 1 atom stereocenters. The van der Waals surface area contributed by atoms with Crippen LogP contribution in [0, 0.1) is 6.92 Å². The summed E-state index contributed by atoms with van der Waals surface area (Å²) < 4.78 is 5.63. The zero-order valence-electron chi connectivity index (χ0n) is 8.37. The highest BCUT2D eigenvalue weighted by molar-refractivity contribution is 5.78. The van der Waals surface area contributed by atoms with Crippen LogP contribution in [0.15, 0.2) is 28.7 Å². The van der Waals surface area contributed by atoms with Gasteiger partial charge in [-0.25, -0.2) is 0 Å². The zero-order valence-corrected chi connectivity index (χ0v) is 8.37. The van der Waals surface area contributed by atoms with Gasteiger partial charge in [0.1, 0.15) is 11.3 Å². The number of hydrogen-bond acceptors (Lipinski definition) is 3. The van der Waals surface area contributed by atoms with E-state index in [1.807, 2.05) is 25.1 Å². The SMILES string of the molecule is Cc1ccc2oc(C(C)NN)cc2c1. The molecule has 0 saturated carbocycles. The van der Waals surface area contributed by atoms with Crippen molar-refractivity contribution < 1.29 is 4.42 Å². The maximum Gasteiger partial charge on any atom is 0.134 e. The van der Waals surface area contributed by atoms with Crippen LogP contribution in [0.2, 0.25) is 0 Å². The van der Waals surface area contributed by atoms with Crippen LogP contribution in [0.1, 0.15) is 24.3 Å². The van der Waals surface area contributed by atoms with Crippen molar-refractivity contribution in [2.75, 3.05) is 0 Å². The van der Waals surface area contributed by atoms with Gasteiger partial charge in [-0.2, -0.15) is 0 Å². The molecule has 2 aromatic rings. The molecule has 0 bridgehead atoms. The molecule has 0 radical (unpaired) electrons. The minimum atomic E-state index is 0.0442. The summed E-state index contributed by atoms with van der Waals surface area (Å²) in [6.07, 6.45) is 0. The molecule has 3 heteroatoms. The smallest absolute Gasteiger partial charge is 0.134 e. The van der Waals surface area contributed by atoms with Crippen LogP contribution in [0.4, 0.5) is 0 Å². The lowest BCUT2D eigenvalue weighted by atomic mass is 10.1. The van der Waals surface area contributed by atoms with Gasteiger partial charge in [0.25, 0.3) is 0 Å². The van der Waals surface area contributed by atoms with Crippen molar-refractivity contribution in [2.45, 2.75) is 19.9 Å². The van der Waals surface area contributed by atoms with Crippen molar-refractivity contribution in [2.24, 2.45) is 5.84 Å². The quantitative estimate of drug-likeness (QED) is 0.564. The van der Waals surface area contributed by atoms with E-state index < -0.39 is 0 Å². The second-order valence-electron chi connectivity index (χ2n) is 3.58. The molecule has 0 saturated heterocycles. The minimum absolute atomic E-state index is 0.0442. The maximum atomic E-state index is 5.63. The Labute approximate surface area is 82.9 Å². The summed E-state index contributed by atoms with van der Waals surface area (Å²) >= 11 is 0. The van der Waals surface area contributed by atoms with E-state index in [1.165, 1.54) is 5.56 Å². The summed E-state index contributed by atoms with van der Waals surface area (Å²) in [7, 11) is 0. The predicted octanol–water partition coefficient (Wildman–Crippen LogP) is 2.27. The second-order valence-corrected chi connectivity index (χ2v) is 3.58. The molecule has 2 rings (SSSR count). The number of nitrogens with one attached hydrogen (secondary N) is 1. The Morgan fingerprint density at radius 2 is 2.14 bits per heavy atom. The molecule has 3 nitrogen and oxygen atoms in total. The molecule has 1 aromatic carbocycles. The molecular formula is C11H14N2O. The van der Waals surface area contributed by atoms with Gasteiger partial charge in [-0.15, -0.1) is 0 Å². The monoisotopic (exact) mass is 190 g/mol. The molecule has 0 aliphatic heterocycles. The average molecular weight is 190 g/mol. The Morgan fingerprint density at radius 3 is 2.86 bits per heavy atom. The second kappa shape index (κ2) is 3.44. The Kier molecular flexibility index (Phi) is 2.27. The van der Waals surface area contributed by atoms with Crippen LogP contribution in [0.5, 0.6) is 0 Å². The Hall–Kier alpha value is -1.32. The van der Waals surface area contributed by atoms with E-state index in [-0.39, 0.29) is 6.04 Å². The Bertz CT molecular complexity index is 447. The first-order valence-corrected chi connectivity index (χ1v) is 4.67. The van der Waals surface area contributed by atoms with Crippen molar-refractivity contribution in [3.63, 3.8) is 0 Å². The topological polar surface area (TPSA) is 51.2 Å². The fourth-order valence-corrected chi connectivity index (χ4v) is 1.48. The third-order valence-electron chi connectivity index (χ3n) is 2.37. The van der Waals surface area contributed by atoms with E-state index in [0.29, 0.717) is 0 Å². The van der Waals surface area contributed by atoms with Crippen LogP contribution in [0.25, 0.3) is 11.0 Å². The molecule has 14 heavy (non-hydrogen) atoms. The van der Waals surface area contributed by atoms with Crippen molar-refractivity contribution in [3.05, 3.63) is 35.6 Å². The van der Waals surface area contributed by atoms with E-state index in [4.69, 9.17) is 10.3 Å². The van der Waals surface area contributed by atoms with Gasteiger partial charge in [0.05, 0.1) is 6.04 Å². The normalized spacial score (nSPS) is 13.4. The standard InChI is InChI=1S/C11H14N2O/c1-7-3-4-10-9(5-7)6-11(14-10)8(2)13-12/h3-6,8,13H,12H2,1-2H3. The highest BCUT2D eigenvalue weighted by atomic mass is 16.3.